The van der Waals surface area contributed by atoms with E-state index in [9.17, 15) is 13.2 Å². The third-order valence-corrected chi connectivity index (χ3v) is 8.32. The van der Waals surface area contributed by atoms with Gasteiger partial charge >= 0.3 is 6.01 Å². The molecule has 12 heteroatoms. The average Bonchev–Trinajstić information content (AvgIpc) is 3.34. The highest BCUT2D eigenvalue weighted by Gasteiger charge is 2.46. The van der Waals surface area contributed by atoms with Crippen molar-refractivity contribution in [1.82, 2.24) is 25.0 Å². The minimum atomic E-state index is -2.62. The summed E-state index contributed by atoms with van der Waals surface area (Å²) in [5.74, 6) is -0.625. The quantitative estimate of drug-likeness (QED) is 0.372. The van der Waals surface area contributed by atoms with Crippen molar-refractivity contribution in [2.75, 3.05) is 25.1 Å². The lowest BCUT2D eigenvalue weighted by Gasteiger charge is -2.38. The maximum Gasteiger partial charge on any atom is 0.320 e. The minimum Gasteiger partial charge on any atom is -0.480 e. The van der Waals surface area contributed by atoms with E-state index in [1.54, 1.807) is 18.0 Å². The summed E-state index contributed by atoms with van der Waals surface area (Å²) in [4.78, 5) is 6.99. The first-order valence-electron chi connectivity index (χ1n) is 12.8. The Balaban J connectivity index is 1.19. The Bertz CT molecular complexity index is 1300. The van der Waals surface area contributed by atoms with E-state index in [0.29, 0.717) is 41.6 Å². The number of hydrogen-bond donors (Lipinski definition) is 0. The molecule has 0 radical (unpaired) electrons. The van der Waals surface area contributed by atoms with E-state index in [2.05, 4.69) is 25.2 Å². The molecular weight excluding hydrogens is 521 g/mol. The van der Waals surface area contributed by atoms with Gasteiger partial charge in [0.2, 0.25) is 11.8 Å². The monoisotopic (exact) mass is 548 g/mol. The van der Waals surface area contributed by atoms with Crippen molar-refractivity contribution in [3.63, 3.8) is 0 Å². The molecule has 2 aliphatic carbocycles. The fraction of sp³-hybridized carbons (Fsp3) is 0.538. The van der Waals surface area contributed by atoms with Crippen LogP contribution in [0.4, 0.5) is 18.9 Å². The van der Waals surface area contributed by atoms with Gasteiger partial charge in [-0.3, -0.25) is 0 Å². The molecule has 3 atom stereocenters. The third kappa shape index (κ3) is 5.12. The molecule has 3 aromatic rings. The first-order chi connectivity index (χ1) is 18.3. The normalized spacial score (nSPS) is 24.3. The summed E-state index contributed by atoms with van der Waals surface area (Å²) < 4.78 is 53.3. The van der Waals surface area contributed by atoms with Gasteiger partial charge in [-0.15, -0.1) is 5.10 Å². The molecule has 3 heterocycles. The SMILES string of the molecule is COc1cc(N2C[C@H]3CC[C@@H](C2)C3Cc2nc(Oc3ccc(F)c(Cl)c3)n(CC3CC(F)(F)C3)n2)cnn1. The van der Waals surface area contributed by atoms with Gasteiger partial charge in [-0.05, 0) is 48.6 Å². The van der Waals surface area contributed by atoms with E-state index in [-0.39, 0.29) is 36.3 Å². The smallest absolute Gasteiger partial charge is 0.320 e. The van der Waals surface area contributed by atoms with Gasteiger partial charge in [0.1, 0.15) is 11.6 Å². The van der Waals surface area contributed by atoms with Gasteiger partial charge in [0.05, 0.1) is 24.0 Å². The van der Waals surface area contributed by atoms with Crippen LogP contribution in [0.2, 0.25) is 5.02 Å². The van der Waals surface area contributed by atoms with Crippen LogP contribution in [0.3, 0.4) is 0 Å². The van der Waals surface area contributed by atoms with Crippen LogP contribution in [0.15, 0.2) is 30.5 Å². The predicted octanol–water partition coefficient (Wildman–Crippen LogP) is 5.41. The van der Waals surface area contributed by atoms with Crippen LogP contribution in [0.5, 0.6) is 17.6 Å². The summed E-state index contributed by atoms with van der Waals surface area (Å²) in [6.07, 6.45) is 4.33. The summed E-state index contributed by atoms with van der Waals surface area (Å²) in [5.41, 5.74) is 1.00. The molecule has 3 aliphatic rings. The number of halogens is 4. The molecule has 2 bridgehead atoms. The molecule has 2 aromatic heterocycles. The van der Waals surface area contributed by atoms with Gasteiger partial charge in [-0.25, -0.2) is 17.9 Å². The number of benzene rings is 1. The Labute approximate surface area is 223 Å². The van der Waals surface area contributed by atoms with Crippen LogP contribution < -0.4 is 14.4 Å². The van der Waals surface area contributed by atoms with Crippen molar-refractivity contribution in [3.05, 3.63) is 47.1 Å². The second-order valence-electron chi connectivity index (χ2n) is 10.6. The third-order valence-electron chi connectivity index (χ3n) is 8.03. The Hall–Kier alpha value is -3.08. The van der Waals surface area contributed by atoms with Gasteiger partial charge in [0.25, 0.3) is 0 Å². The fourth-order valence-corrected chi connectivity index (χ4v) is 6.33. The highest BCUT2D eigenvalue weighted by Crippen LogP contribution is 2.46. The molecule has 3 fully saturated rings. The van der Waals surface area contributed by atoms with Crippen LogP contribution in [0, 0.1) is 29.5 Å². The molecule has 0 spiro atoms. The summed E-state index contributed by atoms with van der Waals surface area (Å²) in [7, 11) is 1.58. The number of methoxy groups -OCH3 is 1. The number of rotatable bonds is 8. The Morgan fingerprint density at radius 1 is 1.13 bits per heavy atom. The number of piperidine rings is 1. The zero-order chi connectivity index (χ0) is 26.4. The molecular formula is C26H28ClF3N6O2. The molecule has 1 saturated heterocycles. The van der Waals surface area contributed by atoms with Crippen molar-refractivity contribution in [3.8, 4) is 17.6 Å². The average molecular weight is 549 g/mol. The van der Waals surface area contributed by atoms with E-state index in [0.717, 1.165) is 31.6 Å². The zero-order valence-electron chi connectivity index (χ0n) is 20.9. The number of alkyl halides is 2. The van der Waals surface area contributed by atoms with E-state index < -0.39 is 11.7 Å². The number of nitrogens with zero attached hydrogens (tertiary/aromatic N) is 6. The molecule has 2 saturated carbocycles. The van der Waals surface area contributed by atoms with E-state index in [1.807, 2.05) is 6.07 Å². The maximum absolute atomic E-state index is 13.6. The molecule has 1 unspecified atom stereocenters. The van der Waals surface area contributed by atoms with Gasteiger partial charge in [-0.2, -0.15) is 15.2 Å². The summed E-state index contributed by atoms with van der Waals surface area (Å²) in [6, 6.07) is 6.15. The maximum atomic E-state index is 13.6. The van der Waals surface area contributed by atoms with Gasteiger partial charge in [0.15, 0.2) is 5.82 Å². The van der Waals surface area contributed by atoms with Gasteiger partial charge in [0, 0.05) is 51.0 Å². The summed E-state index contributed by atoms with van der Waals surface area (Å²) in [6.45, 7) is 2.08. The van der Waals surface area contributed by atoms with Gasteiger partial charge in [-0.1, -0.05) is 11.6 Å². The highest BCUT2D eigenvalue weighted by atomic mass is 35.5. The first kappa shape index (κ1) is 25.2. The van der Waals surface area contributed by atoms with Crippen molar-refractivity contribution in [2.45, 2.75) is 44.6 Å². The van der Waals surface area contributed by atoms with E-state index >= 15 is 0 Å². The zero-order valence-corrected chi connectivity index (χ0v) is 21.6. The van der Waals surface area contributed by atoms with Crippen LogP contribution in [0.25, 0.3) is 0 Å². The van der Waals surface area contributed by atoms with Gasteiger partial charge < -0.3 is 14.4 Å². The van der Waals surface area contributed by atoms with Crippen molar-refractivity contribution in [2.24, 2.45) is 23.7 Å². The van der Waals surface area contributed by atoms with Crippen LogP contribution in [-0.4, -0.2) is 51.1 Å². The highest BCUT2D eigenvalue weighted by molar-refractivity contribution is 6.30. The number of aromatic nitrogens is 5. The molecule has 0 N–H and O–H groups in total. The standard InChI is InChI=1S/C26H28ClF3N6O2/c1-37-24-6-18(11-31-33-24)35-13-16-2-3-17(14-35)20(16)8-23-32-25(38-19-4-5-22(28)21(27)7-19)36(34-23)12-15-9-26(29,30)10-15/h4-7,11,15-17,20H,2-3,8-10,12-14H2,1H3/t16-,17+,20?. The first-order valence-corrected chi connectivity index (χ1v) is 13.2. The lowest BCUT2D eigenvalue weighted by molar-refractivity contribution is -0.115. The summed E-state index contributed by atoms with van der Waals surface area (Å²) in [5, 5.41) is 12.6. The van der Waals surface area contributed by atoms with Crippen molar-refractivity contribution < 1.29 is 22.6 Å². The molecule has 1 aromatic carbocycles. The lowest BCUT2D eigenvalue weighted by Crippen LogP contribution is -2.43. The number of anilines is 1. The molecule has 38 heavy (non-hydrogen) atoms. The van der Waals surface area contributed by atoms with Crippen LogP contribution in [0.1, 0.15) is 31.5 Å². The number of fused-ring (bicyclic) bond motifs is 2. The Morgan fingerprint density at radius 3 is 2.58 bits per heavy atom. The number of ether oxygens (including phenoxy) is 2. The minimum absolute atomic E-state index is 0.0715. The molecule has 6 rings (SSSR count). The molecule has 202 valence electrons. The fourth-order valence-electron chi connectivity index (χ4n) is 6.16. The Kier molecular flexibility index (Phi) is 6.57. The Morgan fingerprint density at radius 2 is 1.89 bits per heavy atom. The second kappa shape index (κ2) is 9.91. The summed E-state index contributed by atoms with van der Waals surface area (Å²) >= 11 is 5.91. The molecule has 0 amide bonds. The molecule has 8 nitrogen and oxygen atoms in total. The van der Waals surface area contributed by atoms with Crippen molar-refractivity contribution in [1.29, 1.82) is 0 Å². The number of hydrogen-bond acceptors (Lipinski definition) is 7. The predicted molar refractivity (Wildman–Crippen MR) is 133 cm³/mol. The van der Waals surface area contributed by atoms with Crippen molar-refractivity contribution >= 4 is 17.3 Å². The van der Waals surface area contributed by atoms with E-state index in [1.165, 1.54) is 18.2 Å². The topological polar surface area (TPSA) is 78.2 Å². The van der Waals surface area contributed by atoms with Crippen LogP contribution in [-0.2, 0) is 13.0 Å². The lowest BCUT2D eigenvalue weighted by atomic mass is 9.81. The van der Waals surface area contributed by atoms with E-state index in [4.69, 9.17) is 21.1 Å². The van der Waals surface area contributed by atoms with Crippen LogP contribution >= 0.6 is 11.6 Å². The second-order valence-corrected chi connectivity index (χ2v) is 11.0. The largest absolute Gasteiger partial charge is 0.480 e. The molecule has 1 aliphatic heterocycles.